The highest BCUT2D eigenvalue weighted by Gasteiger charge is 2.23. The van der Waals surface area contributed by atoms with Crippen molar-refractivity contribution in [3.8, 4) is 0 Å². The van der Waals surface area contributed by atoms with Crippen LogP contribution in [0.1, 0.15) is 30.5 Å². The lowest BCUT2D eigenvalue weighted by Crippen LogP contribution is -2.38. The molecule has 0 fully saturated rings. The zero-order valence-corrected chi connectivity index (χ0v) is 13.5. The Morgan fingerprint density at radius 2 is 2.15 bits per heavy atom. The molecule has 2 rings (SSSR count). The minimum Gasteiger partial charge on any atom is -0.326 e. The lowest BCUT2D eigenvalue weighted by atomic mass is 9.96. The van der Waals surface area contributed by atoms with E-state index >= 15 is 0 Å². The molecule has 0 spiro atoms. The van der Waals surface area contributed by atoms with Crippen LogP contribution in [0.5, 0.6) is 0 Å². The summed E-state index contributed by atoms with van der Waals surface area (Å²) < 4.78 is 0. The first-order valence-electron chi connectivity index (χ1n) is 6.84. The van der Waals surface area contributed by atoms with Gasteiger partial charge >= 0.3 is 0 Å². The van der Waals surface area contributed by atoms with E-state index in [-0.39, 0.29) is 12.1 Å². The highest BCUT2D eigenvalue weighted by atomic mass is 35.5. The number of nitrogens with two attached hydrogens (primary N) is 1. The highest BCUT2D eigenvalue weighted by Crippen LogP contribution is 2.27. The van der Waals surface area contributed by atoms with Crippen molar-refractivity contribution in [2.75, 3.05) is 7.05 Å². The van der Waals surface area contributed by atoms with Crippen LogP contribution in [0.15, 0.2) is 41.1 Å². The van der Waals surface area contributed by atoms with Gasteiger partial charge in [-0.3, -0.25) is 4.90 Å². The van der Waals surface area contributed by atoms with Gasteiger partial charge in [0.1, 0.15) is 0 Å². The van der Waals surface area contributed by atoms with Gasteiger partial charge in [0.05, 0.1) is 0 Å². The summed E-state index contributed by atoms with van der Waals surface area (Å²) in [6.45, 7) is 3.02. The fourth-order valence-electron chi connectivity index (χ4n) is 2.51. The van der Waals surface area contributed by atoms with E-state index in [1.54, 1.807) is 11.3 Å². The monoisotopic (exact) mass is 308 g/mol. The van der Waals surface area contributed by atoms with E-state index in [2.05, 4.69) is 41.8 Å². The Morgan fingerprint density at radius 1 is 1.35 bits per heavy atom. The SMILES string of the molecule is CCC(N)C(c1cccc(Cl)c1)N(C)Cc1ccsc1. The molecule has 1 heterocycles. The molecule has 2 atom stereocenters. The van der Waals surface area contributed by atoms with Crippen molar-refractivity contribution in [2.24, 2.45) is 5.73 Å². The van der Waals surface area contributed by atoms with Gasteiger partial charge in [0.15, 0.2) is 0 Å². The number of rotatable bonds is 6. The number of thiophene rings is 1. The zero-order valence-electron chi connectivity index (χ0n) is 11.9. The fourth-order valence-corrected chi connectivity index (χ4v) is 3.37. The average molecular weight is 309 g/mol. The van der Waals surface area contributed by atoms with Crippen LogP contribution in [0.3, 0.4) is 0 Å². The number of benzene rings is 1. The maximum absolute atomic E-state index is 6.35. The summed E-state index contributed by atoms with van der Waals surface area (Å²) in [5.41, 5.74) is 8.86. The molecule has 0 aliphatic heterocycles. The molecule has 0 bridgehead atoms. The van der Waals surface area contributed by atoms with Crippen LogP contribution in [0.2, 0.25) is 5.02 Å². The number of halogens is 1. The average Bonchev–Trinajstić information content (AvgIpc) is 2.91. The van der Waals surface area contributed by atoms with Crippen molar-refractivity contribution < 1.29 is 0 Å². The molecule has 2 N–H and O–H groups in total. The predicted molar refractivity (Wildman–Crippen MR) is 88.2 cm³/mol. The van der Waals surface area contributed by atoms with Crippen LogP contribution in [0.4, 0.5) is 0 Å². The number of hydrogen-bond donors (Lipinski definition) is 1. The summed E-state index contributed by atoms with van der Waals surface area (Å²) in [7, 11) is 2.12. The van der Waals surface area contributed by atoms with Gasteiger partial charge in [0.2, 0.25) is 0 Å². The van der Waals surface area contributed by atoms with Crippen molar-refractivity contribution in [1.29, 1.82) is 0 Å². The Balaban J connectivity index is 2.23. The number of likely N-dealkylation sites (N-methyl/N-ethyl adjacent to an activating group) is 1. The van der Waals surface area contributed by atoms with Gasteiger partial charge < -0.3 is 5.73 Å². The molecule has 2 nitrogen and oxygen atoms in total. The molecule has 1 aromatic heterocycles. The van der Waals surface area contributed by atoms with Gasteiger partial charge in [0, 0.05) is 23.7 Å². The molecule has 0 aliphatic carbocycles. The minimum atomic E-state index is 0.0945. The second-order valence-corrected chi connectivity index (χ2v) is 6.34. The Labute approximate surface area is 130 Å². The Hall–Kier alpha value is -0.870. The van der Waals surface area contributed by atoms with Crippen molar-refractivity contribution in [3.05, 3.63) is 57.2 Å². The fraction of sp³-hybridized carbons (Fsp3) is 0.375. The first kappa shape index (κ1) is 15.5. The van der Waals surface area contributed by atoms with Crippen LogP contribution in [-0.2, 0) is 6.54 Å². The van der Waals surface area contributed by atoms with Gasteiger partial charge in [-0.1, -0.05) is 30.7 Å². The van der Waals surface area contributed by atoms with E-state index in [9.17, 15) is 0 Å². The molecule has 0 radical (unpaired) electrons. The largest absolute Gasteiger partial charge is 0.326 e. The summed E-state index contributed by atoms with van der Waals surface area (Å²) in [4.78, 5) is 2.31. The molecule has 4 heteroatoms. The smallest absolute Gasteiger partial charge is 0.0500 e. The maximum atomic E-state index is 6.35. The Morgan fingerprint density at radius 3 is 2.75 bits per heavy atom. The topological polar surface area (TPSA) is 29.3 Å². The van der Waals surface area contributed by atoms with E-state index in [0.29, 0.717) is 0 Å². The van der Waals surface area contributed by atoms with Gasteiger partial charge in [-0.25, -0.2) is 0 Å². The predicted octanol–water partition coefficient (Wildman–Crippen LogP) is 4.31. The second-order valence-electron chi connectivity index (χ2n) is 5.12. The first-order valence-corrected chi connectivity index (χ1v) is 8.16. The number of hydrogen-bond acceptors (Lipinski definition) is 3. The Bertz CT molecular complexity index is 527. The van der Waals surface area contributed by atoms with Crippen LogP contribution >= 0.6 is 22.9 Å². The van der Waals surface area contributed by atoms with Gasteiger partial charge in [0.25, 0.3) is 0 Å². The van der Waals surface area contributed by atoms with Crippen LogP contribution in [-0.4, -0.2) is 18.0 Å². The molecule has 0 saturated carbocycles. The molecule has 0 saturated heterocycles. The molecular formula is C16H21ClN2S. The molecule has 2 unspecified atom stereocenters. The second kappa shape index (κ2) is 7.23. The molecule has 20 heavy (non-hydrogen) atoms. The summed E-state index contributed by atoms with van der Waals surface area (Å²) in [5.74, 6) is 0. The van der Waals surface area contributed by atoms with Crippen molar-refractivity contribution in [1.82, 2.24) is 4.90 Å². The molecule has 108 valence electrons. The van der Waals surface area contributed by atoms with Gasteiger partial charge in [-0.15, -0.1) is 0 Å². The zero-order chi connectivity index (χ0) is 14.5. The molecule has 0 amide bonds. The van der Waals surface area contributed by atoms with Crippen LogP contribution in [0, 0.1) is 0 Å². The summed E-state index contributed by atoms with van der Waals surface area (Å²) in [6, 6.07) is 10.5. The quantitative estimate of drug-likeness (QED) is 0.861. The van der Waals surface area contributed by atoms with Crippen molar-refractivity contribution in [2.45, 2.75) is 32.0 Å². The maximum Gasteiger partial charge on any atom is 0.0500 e. The third-order valence-corrected chi connectivity index (χ3v) is 4.52. The summed E-state index contributed by atoms with van der Waals surface area (Å²) in [5, 5.41) is 5.06. The third-order valence-electron chi connectivity index (χ3n) is 3.55. The third kappa shape index (κ3) is 3.83. The van der Waals surface area contributed by atoms with E-state index in [1.807, 2.05) is 18.2 Å². The summed E-state index contributed by atoms with van der Waals surface area (Å²) >= 11 is 7.85. The van der Waals surface area contributed by atoms with Gasteiger partial charge in [-0.05, 0) is 53.6 Å². The summed E-state index contributed by atoms with van der Waals surface area (Å²) in [6.07, 6.45) is 0.936. The Kier molecular flexibility index (Phi) is 5.61. The minimum absolute atomic E-state index is 0.0945. The van der Waals surface area contributed by atoms with Crippen molar-refractivity contribution >= 4 is 22.9 Å². The standard InChI is InChI=1S/C16H21ClN2S/c1-3-15(18)16(13-5-4-6-14(17)9-13)19(2)10-12-7-8-20-11-12/h4-9,11,15-16H,3,10,18H2,1-2H3. The van der Waals surface area contributed by atoms with E-state index in [0.717, 1.165) is 18.0 Å². The van der Waals surface area contributed by atoms with Crippen LogP contribution in [0.25, 0.3) is 0 Å². The molecular weight excluding hydrogens is 288 g/mol. The number of nitrogens with zero attached hydrogens (tertiary/aromatic N) is 1. The molecule has 1 aromatic carbocycles. The van der Waals surface area contributed by atoms with Crippen molar-refractivity contribution in [3.63, 3.8) is 0 Å². The highest BCUT2D eigenvalue weighted by molar-refractivity contribution is 7.07. The lowest BCUT2D eigenvalue weighted by molar-refractivity contribution is 0.202. The molecule has 0 aliphatic rings. The first-order chi connectivity index (χ1) is 9.61. The van der Waals surface area contributed by atoms with Crippen LogP contribution < -0.4 is 5.73 Å². The normalized spacial score (nSPS) is 14.4. The lowest BCUT2D eigenvalue weighted by Gasteiger charge is -2.32. The molecule has 2 aromatic rings. The van der Waals surface area contributed by atoms with E-state index in [1.165, 1.54) is 11.1 Å². The van der Waals surface area contributed by atoms with E-state index in [4.69, 9.17) is 17.3 Å². The van der Waals surface area contributed by atoms with E-state index < -0.39 is 0 Å². The van der Waals surface area contributed by atoms with Gasteiger partial charge in [-0.2, -0.15) is 11.3 Å².